The van der Waals surface area contributed by atoms with Crippen LogP contribution in [0, 0.1) is 0 Å². The molecule has 0 aliphatic rings. The van der Waals surface area contributed by atoms with E-state index in [1.165, 1.54) is 327 Å². The molecule has 0 aliphatic carbocycles. The lowest BCUT2D eigenvalue weighted by Gasteiger charge is -2.20. The first kappa shape index (κ1) is 73.6. The summed E-state index contributed by atoms with van der Waals surface area (Å²) in [5.41, 5.74) is 0. The number of rotatable bonds is 65. The van der Waals surface area contributed by atoms with Crippen LogP contribution in [0.5, 0.6) is 0 Å². The summed E-state index contributed by atoms with van der Waals surface area (Å²) in [5.74, 6) is -0.0387. The molecular weight excluding hydrogens is 923 g/mol. The number of carbonyl (C=O) groups is 2. The first-order chi connectivity index (χ1) is 37.0. The van der Waals surface area contributed by atoms with Gasteiger partial charge in [-0.25, -0.2) is 0 Å². The molecule has 0 heterocycles. The summed E-state index contributed by atoms with van der Waals surface area (Å²) in [6, 6.07) is -0.620. The van der Waals surface area contributed by atoms with E-state index in [2.05, 4.69) is 19.2 Å². The molecule has 0 rings (SSSR count). The third-order valence-corrected chi connectivity index (χ3v) is 16.3. The van der Waals surface area contributed by atoms with Gasteiger partial charge in [-0.3, -0.25) is 9.59 Å². The Morgan fingerprint density at radius 2 is 0.613 bits per heavy atom. The summed E-state index contributed by atoms with van der Waals surface area (Å²) >= 11 is 0. The molecule has 0 aromatic rings. The minimum Gasteiger partial charge on any atom is -0.466 e. The molecule has 0 spiro atoms. The van der Waals surface area contributed by atoms with Crippen molar-refractivity contribution in [1.29, 1.82) is 0 Å². The first-order valence-corrected chi connectivity index (χ1v) is 34.5. The Balaban J connectivity index is 3.26. The van der Waals surface area contributed by atoms with Crippen LogP contribution in [0.3, 0.4) is 0 Å². The van der Waals surface area contributed by atoms with Gasteiger partial charge in [0.1, 0.15) is 0 Å². The molecule has 446 valence electrons. The molecule has 0 saturated heterocycles. The van der Waals surface area contributed by atoms with Crippen molar-refractivity contribution in [2.24, 2.45) is 0 Å². The SMILES string of the molecule is CCCCCCCCC/C=C/C(O)C(CO)NC(=O)CCCCCCCCCCCCCCCCCCCCCCCCCCCCCCCCCCCCCCCOC(=O)CCCCCCCCCCCCCC. The van der Waals surface area contributed by atoms with E-state index >= 15 is 0 Å². The predicted octanol–water partition coefficient (Wildman–Crippen LogP) is 22.0. The predicted molar refractivity (Wildman–Crippen MR) is 329 cm³/mol. The number of esters is 1. The van der Waals surface area contributed by atoms with Crippen molar-refractivity contribution in [2.45, 2.75) is 405 Å². The Morgan fingerprint density at radius 3 is 0.907 bits per heavy atom. The lowest BCUT2D eigenvalue weighted by atomic mass is 10.0. The van der Waals surface area contributed by atoms with Crippen molar-refractivity contribution >= 4 is 11.9 Å². The number of carbonyl (C=O) groups excluding carboxylic acids is 2. The van der Waals surface area contributed by atoms with Gasteiger partial charge in [0.2, 0.25) is 5.91 Å². The maximum Gasteiger partial charge on any atom is 0.305 e. The number of unbranched alkanes of at least 4 members (excludes halogenated alkanes) is 54. The van der Waals surface area contributed by atoms with Crippen LogP contribution in [0.4, 0.5) is 0 Å². The zero-order chi connectivity index (χ0) is 54.3. The number of amides is 1. The zero-order valence-electron chi connectivity index (χ0n) is 51.1. The lowest BCUT2D eigenvalue weighted by Crippen LogP contribution is -2.45. The standard InChI is InChI=1S/C69H135NO5/c1-3-5-7-9-11-13-14-43-47-51-55-59-63-69(74)75-64-60-56-52-48-44-41-39-37-35-33-31-29-27-25-23-21-19-17-15-16-18-20-22-24-26-28-30-32-34-36-38-40-42-46-50-54-58-62-68(73)70-66(65-71)67(72)61-57-53-49-45-12-10-8-6-4-2/h57,61,66-67,71-72H,3-56,58-60,62-65H2,1-2H3,(H,70,73)/b61-57+. The maximum absolute atomic E-state index is 12.4. The second-order valence-electron chi connectivity index (χ2n) is 23.9. The Hall–Kier alpha value is -1.40. The molecule has 2 unspecified atom stereocenters. The Labute approximate surface area is 469 Å². The van der Waals surface area contributed by atoms with Crippen molar-refractivity contribution in [1.82, 2.24) is 5.32 Å². The van der Waals surface area contributed by atoms with Crippen molar-refractivity contribution in [3.63, 3.8) is 0 Å². The molecular formula is C69H135NO5. The molecule has 0 saturated carbocycles. The average molecular weight is 1060 g/mol. The Kier molecular flexibility index (Phi) is 63.9. The summed E-state index contributed by atoms with van der Waals surface area (Å²) < 4.78 is 5.49. The second-order valence-corrected chi connectivity index (χ2v) is 23.9. The summed E-state index contributed by atoms with van der Waals surface area (Å²) in [6.07, 6.45) is 80.4. The van der Waals surface area contributed by atoms with Gasteiger partial charge >= 0.3 is 5.97 Å². The highest BCUT2D eigenvalue weighted by Gasteiger charge is 2.18. The topological polar surface area (TPSA) is 95.9 Å². The van der Waals surface area contributed by atoms with E-state index < -0.39 is 12.1 Å². The molecule has 0 aliphatic heterocycles. The molecule has 6 nitrogen and oxygen atoms in total. The van der Waals surface area contributed by atoms with Crippen LogP contribution in [0.25, 0.3) is 0 Å². The highest BCUT2D eigenvalue weighted by molar-refractivity contribution is 5.76. The van der Waals surface area contributed by atoms with Crippen LogP contribution in [-0.4, -0.2) is 47.4 Å². The molecule has 0 radical (unpaired) electrons. The fraction of sp³-hybridized carbons (Fsp3) is 0.942. The third kappa shape index (κ3) is 61.7. The van der Waals surface area contributed by atoms with E-state index in [9.17, 15) is 19.8 Å². The molecule has 3 N–H and O–H groups in total. The summed E-state index contributed by atoms with van der Waals surface area (Å²) in [7, 11) is 0. The number of aliphatic hydroxyl groups is 2. The molecule has 1 amide bonds. The minimum absolute atomic E-state index is 0.0244. The third-order valence-electron chi connectivity index (χ3n) is 16.3. The largest absolute Gasteiger partial charge is 0.466 e. The highest BCUT2D eigenvalue weighted by Crippen LogP contribution is 2.19. The number of hydrogen-bond acceptors (Lipinski definition) is 5. The smallest absolute Gasteiger partial charge is 0.305 e. The number of hydrogen-bond donors (Lipinski definition) is 3. The van der Waals surface area contributed by atoms with Crippen LogP contribution >= 0.6 is 0 Å². The molecule has 0 fully saturated rings. The molecule has 75 heavy (non-hydrogen) atoms. The van der Waals surface area contributed by atoms with Gasteiger partial charge in [0.25, 0.3) is 0 Å². The zero-order valence-corrected chi connectivity index (χ0v) is 51.1. The normalized spacial score (nSPS) is 12.5. The second kappa shape index (κ2) is 65.1. The first-order valence-electron chi connectivity index (χ1n) is 34.5. The van der Waals surface area contributed by atoms with Crippen LogP contribution in [0.1, 0.15) is 393 Å². The molecule has 6 heteroatoms. The maximum atomic E-state index is 12.4. The van der Waals surface area contributed by atoms with Crippen molar-refractivity contribution in [2.75, 3.05) is 13.2 Å². The Bertz CT molecular complexity index is 1130. The van der Waals surface area contributed by atoms with Crippen LogP contribution < -0.4 is 5.32 Å². The number of allylic oxidation sites excluding steroid dienone is 1. The summed E-state index contributed by atoms with van der Waals surface area (Å²) in [6.45, 7) is 4.91. The molecule has 0 aromatic heterocycles. The number of ether oxygens (including phenoxy) is 1. The van der Waals surface area contributed by atoms with E-state index in [1.54, 1.807) is 6.08 Å². The molecule has 2 atom stereocenters. The average Bonchev–Trinajstić information content (AvgIpc) is 3.41. The van der Waals surface area contributed by atoms with Gasteiger partial charge in [-0.1, -0.05) is 360 Å². The van der Waals surface area contributed by atoms with Gasteiger partial charge in [0, 0.05) is 12.8 Å². The van der Waals surface area contributed by atoms with Crippen molar-refractivity contribution in [3.05, 3.63) is 12.2 Å². The van der Waals surface area contributed by atoms with E-state index in [4.69, 9.17) is 4.74 Å². The Morgan fingerprint density at radius 1 is 0.360 bits per heavy atom. The molecule has 0 aromatic carbocycles. The summed E-state index contributed by atoms with van der Waals surface area (Å²) in [5, 5.41) is 23.0. The van der Waals surface area contributed by atoms with Crippen molar-refractivity contribution < 1.29 is 24.5 Å². The number of nitrogens with one attached hydrogen (secondary N) is 1. The van der Waals surface area contributed by atoms with Crippen LogP contribution in [0.15, 0.2) is 12.2 Å². The van der Waals surface area contributed by atoms with E-state index in [1.807, 2.05) is 6.08 Å². The fourth-order valence-corrected chi connectivity index (χ4v) is 11.1. The van der Waals surface area contributed by atoms with Gasteiger partial charge in [-0.05, 0) is 32.1 Å². The van der Waals surface area contributed by atoms with E-state index in [-0.39, 0.29) is 18.5 Å². The highest BCUT2D eigenvalue weighted by atomic mass is 16.5. The lowest BCUT2D eigenvalue weighted by molar-refractivity contribution is -0.143. The quantitative estimate of drug-likeness (QED) is 0.0320. The van der Waals surface area contributed by atoms with Gasteiger partial charge < -0.3 is 20.3 Å². The van der Waals surface area contributed by atoms with Crippen LogP contribution in [-0.2, 0) is 14.3 Å². The molecule has 0 bridgehead atoms. The minimum atomic E-state index is -0.837. The van der Waals surface area contributed by atoms with E-state index in [0.717, 1.165) is 38.5 Å². The van der Waals surface area contributed by atoms with Gasteiger partial charge in [-0.2, -0.15) is 0 Å². The van der Waals surface area contributed by atoms with E-state index in [0.29, 0.717) is 19.4 Å². The van der Waals surface area contributed by atoms with Gasteiger partial charge in [-0.15, -0.1) is 0 Å². The van der Waals surface area contributed by atoms with Crippen LogP contribution in [0.2, 0.25) is 0 Å². The fourth-order valence-electron chi connectivity index (χ4n) is 11.1. The van der Waals surface area contributed by atoms with Gasteiger partial charge in [0.05, 0.1) is 25.4 Å². The van der Waals surface area contributed by atoms with Crippen molar-refractivity contribution in [3.8, 4) is 0 Å². The monoisotopic (exact) mass is 1060 g/mol. The van der Waals surface area contributed by atoms with Gasteiger partial charge in [0.15, 0.2) is 0 Å². The number of aliphatic hydroxyl groups excluding tert-OH is 2. The summed E-state index contributed by atoms with van der Waals surface area (Å²) in [4.78, 5) is 24.4.